The molecule has 3 rings (SSSR count). The molecule has 0 radical (unpaired) electrons. The molecule has 4 nitrogen and oxygen atoms in total. The molecule has 1 fully saturated rings. The molecule has 0 aromatic heterocycles. The number of hydrogen-bond donors (Lipinski definition) is 1. The molecule has 1 atom stereocenters. The average molecular weight is 348 g/mol. The molecule has 1 heterocycles. The lowest BCUT2D eigenvalue weighted by Crippen LogP contribution is -2.41. The number of halogens is 2. The minimum Gasteiger partial charge on any atom is -0.330 e. The number of amides is 2. The van der Waals surface area contributed by atoms with Crippen LogP contribution in [0.4, 0.5) is 14.5 Å². The largest absolute Gasteiger partial charge is 0.330 e. The molecule has 1 aromatic carbocycles. The molecule has 6 heteroatoms. The van der Waals surface area contributed by atoms with Gasteiger partial charge in [-0.15, -0.1) is 0 Å². The highest BCUT2D eigenvalue weighted by atomic mass is 19.1. The minimum absolute atomic E-state index is 0.0701. The summed E-state index contributed by atoms with van der Waals surface area (Å²) >= 11 is 0. The predicted octanol–water partition coefficient (Wildman–Crippen LogP) is 3.78. The monoisotopic (exact) mass is 348 g/mol. The summed E-state index contributed by atoms with van der Waals surface area (Å²) in [5.41, 5.74) is 1.52. The molecule has 1 aliphatic carbocycles. The van der Waals surface area contributed by atoms with Crippen LogP contribution in [0.5, 0.6) is 0 Å². The smallest absolute Gasteiger partial charge is 0.251 e. The molecule has 2 aliphatic rings. The van der Waals surface area contributed by atoms with Crippen molar-refractivity contribution in [1.29, 1.82) is 0 Å². The van der Waals surface area contributed by atoms with Crippen LogP contribution in [-0.2, 0) is 9.59 Å². The Bertz CT molecular complexity index is 743. The Labute approximate surface area is 145 Å². The number of carbonyl (C=O) groups is 2. The molecule has 1 saturated carbocycles. The van der Waals surface area contributed by atoms with Crippen LogP contribution in [0.2, 0.25) is 0 Å². The fourth-order valence-electron chi connectivity index (χ4n) is 3.82. The Morgan fingerprint density at radius 1 is 1.32 bits per heavy atom. The molecule has 2 amide bonds. The fourth-order valence-corrected chi connectivity index (χ4v) is 3.82. The van der Waals surface area contributed by atoms with Gasteiger partial charge >= 0.3 is 0 Å². The summed E-state index contributed by atoms with van der Waals surface area (Å²) in [6.45, 7) is 3.95. The molecular formula is C19H22F2N2O2. The first-order chi connectivity index (χ1) is 11.9. The Morgan fingerprint density at radius 2 is 2.08 bits per heavy atom. The van der Waals surface area contributed by atoms with Gasteiger partial charge in [0.25, 0.3) is 5.91 Å². The second-order valence-electron chi connectivity index (χ2n) is 6.92. The lowest BCUT2D eigenvalue weighted by Gasteiger charge is -2.33. The van der Waals surface area contributed by atoms with Gasteiger partial charge in [-0.1, -0.05) is 6.42 Å². The van der Waals surface area contributed by atoms with Gasteiger partial charge in [-0.2, -0.15) is 0 Å². The first-order valence-electron chi connectivity index (χ1n) is 8.68. The van der Waals surface area contributed by atoms with Crippen molar-refractivity contribution in [2.75, 3.05) is 5.32 Å². The Balaban J connectivity index is 1.78. The van der Waals surface area contributed by atoms with Crippen LogP contribution in [0.1, 0.15) is 46.0 Å². The van der Waals surface area contributed by atoms with E-state index in [4.69, 9.17) is 0 Å². The maximum atomic E-state index is 13.7. The summed E-state index contributed by atoms with van der Waals surface area (Å²) in [5.74, 6) is -2.09. The highest BCUT2D eigenvalue weighted by molar-refractivity contribution is 6.05. The zero-order valence-corrected chi connectivity index (χ0v) is 14.4. The normalized spacial score (nSPS) is 20.3. The van der Waals surface area contributed by atoms with Crippen LogP contribution in [0.15, 0.2) is 29.3 Å². The minimum atomic E-state index is -0.830. The van der Waals surface area contributed by atoms with Crippen molar-refractivity contribution in [2.24, 2.45) is 0 Å². The van der Waals surface area contributed by atoms with Crippen molar-refractivity contribution < 1.29 is 18.4 Å². The third-order valence-corrected chi connectivity index (χ3v) is 4.89. The highest BCUT2D eigenvalue weighted by Gasteiger charge is 2.41. The third-order valence-electron chi connectivity index (χ3n) is 4.89. The molecule has 1 aliphatic heterocycles. The number of anilines is 1. The van der Waals surface area contributed by atoms with Gasteiger partial charge in [0.2, 0.25) is 5.91 Å². The van der Waals surface area contributed by atoms with Crippen LogP contribution >= 0.6 is 0 Å². The van der Waals surface area contributed by atoms with Crippen molar-refractivity contribution in [3.63, 3.8) is 0 Å². The van der Waals surface area contributed by atoms with Crippen LogP contribution in [0.25, 0.3) is 0 Å². The summed E-state index contributed by atoms with van der Waals surface area (Å²) in [4.78, 5) is 27.0. The van der Waals surface area contributed by atoms with Gasteiger partial charge in [-0.25, -0.2) is 8.78 Å². The van der Waals surface area contributed by atoms with E-state index in [9.17, 15) is 18.4 Å². The molecule has 0 bridgehead atoms. The molecule has 134 valence electrons. The van der Waals surface area contributed by atoms with Crippen molar-refractivity contribution in [2.45, 2.75) is 58.0 Å². The van der Waals surface area contributed by atoms with Crippen LogP contribution in [0.3, 0.4) is 0 Å². The standard InChI is InChI=1S/C19H22F2N2O2/c1-11(2)23-17-6-4-3-5-13(17)14(19(23)25)10-18(24)22-16-8-7-12(20)9-15(16)21/h7-9,11,17H,3-6,10H2,1-2H3,(H,22,24). The number of benzene rings is 1. The topological polar surface area (TPSA) is 49.4 Å². The summed E-state index contributed by atoms with van der Waals surface area (Å²) in [6, 6.07) is 3.14. The van der Waals surface area contributed by atoms with E-state index in [0.29, 0.717) is 5.57 Å². The summed E-state index contributed by atoms with van der Waals surface area (Å²) in [5, 5.41) is 2.44. The van der Waals surface area contributed by atoms with Gasteiger partial charge in [0.1, 0.15) is 11.6 Å². The molecule has 0 spiro atoms. The number of carbonyl (C=O) groups excluding carboxylic acids is 2. The second kappa shape index (κ2) is 6.94. The van der Waals surface area contributed by atoms with Crippen molar-refractivity contribution >= 4 is 17.5 Å². The quantitative estimate of drug-likeness (QED) is 0.900. The molecule has 0 saturated heterocycles. The Hall–Kier alpha value is -2.24. The van der Waals surface area contributed by atoms with E-state index in [-0.39, 0.29) is 30.1 Å². The maximum absolute atomic E-state index is 13.7. The van der Waals surface area contributed by atoms with Gasteiger partial charge < -0.3 is 10.2 Å². The average Bonchev–Trinajstić information content (AvgIpc) is 2.82. The summed E-state index contributed by atoms with van der Waals surface area (Å²) in [7, 11) is 0. The first kappa shape index (κ1) is 17.6. The van der Waals surface area contributed by atoms with E-state index < -0.39 is 17.5 Å². The highest BCUT2D eigenvalue weighted by Crippen LogP contribution is 2.39. The zero-order valence-electron chi connectivity index (χ0n) is 14.4. The third kappa shape index (κ3) is 3.43. The number of rotatable bonds is 4. The lowest BCUT2D eigenvalue weighted by molar-refractivity contribution is -0.130. The number of nitrogens with one attached hydrogen (secondary N) is 1. The first-order valence-corrected chi connectivity index (χ1v) is 8.68. The van der Waals surface area contributed by atoms with Gasteiger partial charge in [-0.05, 0) is 50.8 Å². The van der Waals surface area contributed by atoms with Gasteiger partial charge in [0, 0.05) is 17.7 Å². The number of nitrogens with zero attached hydrogens (tertiary/aromatic N) is 1. The van der Waals surface area contributed by atoms with E-state index in [0.717, 1.165) is 43.4 Å². The maximum Gasteiger partial charge on any atom is 0.251 e. The van der Waals surface area contributed by atoms with Crippen molar-refractivity contribution in [1.82, 2.24) is 4.90 Å². The van der Waals surface area contributed by atoms with E-state index >= 15 is 0 Å². The van der Waals surface area contributed by atoms with Gasteiger partial charge in [-0.3, -0.25) is 9.59 Å². The number of hydrogen-bond acceptors (Lipinski definition) is 2. The van der Waals surface area contributed by atoms with E-state index in [1.165, 1.54) is 6.07 Å². The van der Waals surface area contributed by atoms with E-state index in [2.05, 4.69) is 5.32 Å². The summed E-state index contributed by atoms with van der Waals surface area (Å²) < 4.78 is 26.7. The molecule has 1 unspecified atom stereocenters. The Kier molecular flexibility index (Phi) is 4.88. The Morgan fingerprint density at radius 3 is 2.76 bits per heavy atom. The van der Waals surface area contributed by atoms with Crippen molar-refractivity contribution in [3.05, 3.63) is 41.0 Å². The predicted molar refractivity (Wildman–Crippen MR) is 90.9 cm³/mol. The second-order valence-corrected chi connectivity index (χ2v) is 6.92. The molecule has 1 aromatic rings. The van der Waals surface area contributed by atoms with Crippen molar-refractivity contribution in [3.8, 4) is 0 Å². The number of fused-ring (bicyclic) bond motifs is 1. The van der Waals surface area contributed by atoms with Crippen LogP contribution in [-0.4, -0.2) is 28.8 Å². The van der Waals surface area contributed by atoms with E-state index in [1.807, 2.05) is 18.7 Å². The molecule has 1 N–H and O–H groups in total. The SMILES string of the molecule is CC(C)N1C(=O)C(CC(=O)Nc2ccc(F)cc2F)=C2CCCCC21. The van der Waals surface area contributed by atoms with Crippen LogP contribution < -0.4 is 5.32 Å². The fraction of sp³-hybridized carbons (Fsp3) is 0.474. The van der Waals surface area contributed by atoms with Crippen LogP contribution in [0, 0.1) is 11.6 Å². The van der Waals surface area contributed by atoms with E-state index in [1.54, 1.807) is 0 Å². The van der Waals surface area contributed by atoms with Gasteiger partial charge in [0.05, 0.1) is 18.2 Å². The summed E-state index contributed by atoms with van der Waals surface area (Å²) in [6.07, 6.45) is 3.77. The lowest BCUT2D eigenvalue weighted by atomic mass is 9.88. The van der Waals surface area contributed by atoms with Gasteiger partial charge in [0.15, 0.2) is 0 Å². The molecular weight excluding hydrogens is 326 g/mol. The molecule has 25 heavy (non-hydrogen) atoms. The zero-order chi connectivity index (χ0) is 18.1.